The maximum atomic E-state index is 10.6. The first kappa shape index (κ1) is 26.8. The van der Waals surface area contributed by atoms with Gasteiger partial charge in [0.25, 0.3) is 0 Å². The molecule has 0 aromatic heterocycles. The number of hydrogen-bond acceptors (Lipinski definition) is 6. The van der Waals surface area contributed by atoms with Crippen LogP contribution in [0.1, 0.15) is 0 Å². The van der Waals surface area contributed by atoms with Gasteiger partial charge >= 0.3 is 75.3 Å². The van der Waals surface area contributed by atoms with E-state index in [4.69, 9.17) is 20.4 Å². The fraction of sp³-hybridized carbons (Fsp3) is 0.600. The van der Waals surface area contributed by atoms with Crippen molar-refractivity contribution >= 4 is 75.3 Å². The second-order valence-electron chi connectivity index (χ2n) is 4.00. The van der Waals surface area contributed by atoms with E-state index in [1.165, 1.54) is 0 Å². The Hall–Kier alpha value is -0.0312. The van der Waals surface area contributed by atoms with Crippen molar-refractivity contribution in [1.29, 1.82) is 0 Å². The number of nitrogens with zero attached hydrogens (tertiary/aromatic N) is 2. The predicted octanol–water partition coefficient (Wildman–Crippen LogP) is -2.72. The summed E-state index contributed by atoms with van der Waals surface area (Å²) in [5.74, 6) is -4.91. The summed E-state index contributed by atoms with van der Waals surface area (Å²) in [5, 5.41) is 34.5. The molecule has 0 atom stereocenters. The van der Waals surface area contributed by atoms with E-state index >= 15 is 0 Å². The Balaban J connectivity index is -0.00000180. The van der Waals surface area contributed by atoms with Gasteiger partial charge in [-0.3, -0.25) is 29.0 Å². The monoisotopic (exact) mass is 384 g/mol. The van der Waals surface area contributed by atoms with Crippen LogP contribution in [0.2, 0.25) is 0 Å². The van der Waals surface area contributed by atoms with Gasteiger partial charge in [-0.1, -0.05) is 0 Å². The van der Waals surface area contributed by atoms with Gasteiger partial charge in [0.2, 0.25) is 0 Å². The number of rotatable bonds is 11. The third kappa shape index (κ3) is 16.3. The molecular weight excluding hydrogens is 367 g/mol. The van der Waals surface area contributed by atoms with E-state index in [2.05, 4.69) is 0 Å². The molecule has 12 heteroatoms. The van der Waals surface area contributed by atoms with Gasteiger partial charge < -0.3 is 20.4 Å². The van der Waals surface area contributed by atoms with Crippen LogP contribution in [-0.4, -0.2) is 145 Å². The van der Waals surface area contributed by atoms with E-state index in [0.29, 0.717) is 0 Å². The van der Waals surface area contributed by atoms with E-state index in [1.54, 1.807) is 0 Å². The molecule has 0 aliphatic carbocycles. The van der Waals surface area contributed by atoms with Crippen LogP contribution in [0.25, 0.3) is 0 Å². The molecular formula is C10H17CrKN2O8. The summed E-state index contributed by atoms with van der Waals surface area (Å²) in [4.78, 5) is 44.4. The molecule has 0 saturated carbocycles. The molecule has 0 radical (unpaired) electrons. The summed E-state index contributed by atoms with van der Waals surface area (Å²) in [7, 11) is 0. The van der Waals surface area contributed by atoms with Crippen molar-refractivity contribution < 1.29 is 57.0 Å². The SMILES string of the molecule is O=C(O)CN(CCN(CC(=O)O)CC(=O)O)CC(=O)O.[Cr].[KH]. The van der Waals surface area contributed by atoms with Crippen molar-refractivity contribution in [1.82, 2.24) is 9.80 Å². The molecule has 0 amide bonds. The van der Waals surface area contributed by atoms with Crippen molar-refractivity contribution in [3.63, 3.8) is 0 Å². The molecule has 22 heavy (non-hydrogen) atoms. The van der Waals surface area contributed by atoms with Crippen LogP contribution in [0.15, 0.2) is 0 Å². The van der Waals surface area contributed by atoms with Crippen LogP contribution in [0, 0.1) is 0 Å². The second-order valence-corrected chi connectivity index (χ2v) is 4.00. The van der Waals surface area contributed by atoms with Gasteiger partial charge in [-0.25, -0.2) is 0 Å². The Bertz CT molecular complexity index is 327. The summed E-state index contributed by atoms with van der Waals surface area (Å²) >= 11 is 0. The average Bonchev–Trinajstić information content (AvgIpc) is 2.22. The third-order valence-electron chi connectivity index (χ3n) is 2.17. The average molecular weight is 384 g/mol. The number of hydrogen-bond donors (Lipinski definition) is 4. The minimum absolute atomic E-state index is 0. The molecule has 122 valence electrons. The molecule has 0 aliphatic rings. The van der Waals surface area contributed by atoms with Crippen molar-refractivity contribution in [2.24, 2.45) is 0 Å². The zero-order chi connectivity index (χ0) is 15.7. The normalized spacial score (nSPS) is 9.73. The van der Waals surface area contributed by atoms with E-state index in [9.17, 15) is 19.2 Å². The Morgan fingerprint density at radius 3 is 0.909 bits per heavy atom. The fourth-order valence-electron chi connectivity index (χ4n) is 1.48. The van der Waals surface area contributed by atoms with Crippen LogP contribution in [-0.2, 0) is 36.5 Å². The number of aliphatic carboxylic acids is 4. The molecule has 0 bridgehead atoms. The summed E-state index contributed by atoms with van der Waals surface area (Å²) < 4.78 is 0. The van der Waals surface area contributed by atoms with Crippen LogP contribution in [0.4, 0.5) is 0 Å². The molecule has 0 saturated heterocycles. The maximum absolute atomic E-state index is 10.6. The summed E-state index contributed by atoms with van der Waals surface area (Å²) in [6, 6.07) is 0. The van der Waals surface area contributed by atoms with E-state index in [0.717, 1.165) is 9.80 Å². The zero-order valence-electron chi connectivity index (χ0n) is 11.0. The Kier molecular flexibility index (Phi) is 17.8. The van der Waals surface area contributed by atoms with Gasteiger partial charge in [0.15, 0.2) is 0 Å². The Morgan fingerprint density at radius 1 is 0.591 bits per heavy atom. The topological polar surface area (TPSA) is 156 Å². The molecule has 0 fully saturated rings. The molecule has 0 rings (SSSR count). The second kappa shape index (κ2) is 14.6. The van der Waals surface area contributed by atoms with Crippen molar-refractivity contribution in [3.05, 3.63) is 0 Å². The van der Waals surface area contributed by atoms with Gasteiger partial charge in [-0.15, -0.1) is 0 Å². The van der Waals surface area contributed by atoms with Gasteiger partial charge in [0.1, 0.15) is 0 Å². The first-order chi connectivity index (χ1) is 9.20. The number of carbonyl (C=O) groups is 4. The standard InChI is InChI=1S/C10H16N2O8.Cr.K.H/c13-7(14)3-11(4-8(15)16)1-2-12(5-9(17)18)6-10(19)20;;;/h1-6H2,(H,13,14)(H,15,16)(H,17,18)(H,19,20);;;. The Morgan fingerprint density at radius 2 is 0.773 bits per heavy atom. The van der Waals surface area contributed by atoms with Crippen LogP contribution in [0.5, 0.6) is 0 Å². The van der Waals surface area contributed by atoms with E-state index < -0.39 is 50.1 Å². The van der Waals surface area contributed by atoms with Gasteiger partial charge in [0.05, 0.1) is 26.2 Å². The predicted molar refractivity (Wildman–Crippen MR) is 70.6 cm³/mol. The molecule has 10 nitrogen and oxygen atoms in total. The molecule has 0 spiro atoms. The molecule has 0 aromatic rings. The van der Waals surface area contributed by atoms with Gasteiger partial charge in [-0.2, -0.15) is 0 Å². The van der Waals surface area contributed by atoms with Crippen LogP contribution in [0.3, 0.4) is 0 Å². The van der Waals surface area contributed by atoms with Gasteiger partial charge in [0, 0.05) is 30.5 Å². The zero-order valence-corrected chi connectivity index (χ0v) is 12.2. The molecule has 0 heterocycles. The van der Waals surface area contributed by atoms with Crippen molar-refractivity contribution in [2.45, 2.75) is 0 Å². The number of carboxylic acids is 4. The third-order valence-corrected chi connectivity index (χ3v) is 2.17. The molecule has 0 unspecified atom stereocenters. The molecule has 4 N–H and O–H groups in total. The van der Waals surface area contributed by atoms with Crippen molar-refractivity contribution in [2.75, 3.05) is 39.3 Å². The summed E-state index contributed by atoms with van der Waals surface area (Å²) in [6.07, 6.45) is 0. The fourth-order valence-corrected chi connectivity index (χ4v) is 1.48. The molecule has 0 aromatic carbocycles. The van der Waals surface area contributed by atoms with Crippen molar-refractivity contribution in [3.8, 4) is 0 Å². The summed E-state index contributed by atoms with van der Waals surface area (Å²) in [6.45, 7) is -2.25. The molecule has 0 aliphatic heterocycles. The first-order valence-corrected chi connectivity index (χ1v) is 5.52. The Labute approximate surface area is 179 Å². The van der Waals surface area contributed by atoms with E-state index in [-0.39, 0.29) is 81.8 Å². The number of carboxylic acid groups (broad SMARTS) is 4. The van der Waals surface area contributed by atoms with Crippen LogP contribution < -0.4 is 0 Å². The first-order valence-electron chi connectivity index (χ1n) is 5.52. The van der Waals surface area contributed by atoms with Gasteiger partial charge in [-0.05, 0) is 0 Å². The van der Waals surface area contributed by atoms with E-state index in [1.807, 2.05) is 0 Å². The van der Waals surface area contributed by atoms with Crippen LogP contribution >= 0.6 is 0 Å². The quantitative estimate of drug-likeness (QED) is 0.276. The summed E-state index contributed by atoms with van der Waals surface area (Å²) in [5.41, 5.74) is 0. The minimum atomic E-state index is -1.23.